The zero-order valence-corrected chi connectivity index (χ0v) is 9.91. The van der Waals surface area contributed by atoms with E-state index in [0.717, 1.165) is 30.9 Å². The highest BCUT2D eigenvalue weighted by atomic mass is 35.5. The lowest BCUT2D eigenvalue weighted by Gasteiger charge is -2.19. The van der Waals surface area contributed by atoms with Crippen LogP contribution in [0.4, 0.5) is 0 Å². The molecule has 0 aliphatic carbocycles. The standard InChI is InChI=1S/C13H16ClNO/c14-12-5-1-3-10(7-12)8-13(15)11-4-2-6-16-9-11/h1,3,5,7,9,13H,2,4,6,8,15H2. The molecule has 2 rings (SSSR count). The molecule has 16 heavy (non-hydrogen) atoms. The molecule has 0 spiro atoms. The van der Waals surface area contributed by atoms with E-state index in [1.165, 1.54) is 11.1 Å². The van der Waals surface area contributed by atoms with Gasteiger partial charge in [-0.25, -0.2) is 0 Å². The van der Waals surface area contributed by atoms with Crippen LogP contribution in [0.3, 0.4) is 0 Å². The van der Waals surface area contributed by atoms with Crippen LogP contribution >= 0.6 is 11.6 Å². The third kappa shape index (κ3) is 3.00. The molecule has 1 aromatic rings. The number of rotatable bonds is 3. The van der Waals surface area contributed by atoms with Crippen molar-refractivity contribution >= 4 is 11.6 Å². The van der Waals surface area contributed by atoms with E-state index < -0.39 is 0 Å². The Morgan fingerprint density at radius 2 is 2.31 bits per heavy atom. The number of benzene rings is 1. The quantitative estimate of drug-likeness (QED) is 0.878. The van der Waals surface area contributed by atoms with E-state index in [1.807, 2.05) is 24.5 Å². The van der Waals surface area contributed by atoms with Gasteiger partial charge in [-0.1, -0.05) is 23.7 Å². The fourth-order valence-electron chi connectivity index (χ4n) is 1.91. The topological polar surface area (TPSA) is 35.2 Å². The minimum atomic E-state index is 0.0405. The Bertz CT molecular complexity index is 389. The third-order valence-corrected chi connectivity index (χ3v) is 3.02. The van der Waals surface area contributed by atoms with Crippen LogP contribution in [0, 0.1) is 0 Å². The van der Waals surface area contributed by atoms with Gasteiger partial charge in [0.1, 0.15) is 0 Å². The summed E-state index contributed by atoms with van der Waals surface area (Å²) in [6, 6.07) is 7.89. The molecule has 0 amide bonds. The summed E-state index contributed by atoms with van der Waals surface area (Å²) >= 11 is 5.93. The Kier molecular flexibility index (Phi) is 3.86. The van der Waals surface area contributed by atoms with Gasteiger partial charge in [-0.2, -0.15) is 0 Å². The van der Waals surface area contributed by atoms with Crippen molar-refractivity contribution in [3.63, 3.8) is 0 Å². The molecule has 1 aromatic carbocycles. The van der Waals surface area contributed by atoms with Crippen LogP contribution in [0.25, 0.3) is 0 Å². The van der Waals surface area contributed by atoms with Gasteiger partial charge in [0, 0.05) is 11.1 Å². The van der Waals surface area contributed by atoms with Crippen molar-refractivity contribution in [2.75, 3.05) is 6.61 Å². The van der Waals surface area contributed by atoms with Crippen molar-refractivity contribution in [1.82, 2.24) is 0 Å². The fourth-order valence-corrected chi connectivity index (χ4v) is 2.12. The van der Waals surface area contributed by atoms with Crippen LogP contribution in [-0.4, -0.2) is 12.6 Å². The molecule has 2 N–H and O–H groups in total. The van der Waals surface area contributed by atoms with Crippen molar-refractivity contribution in [1.29, 1.82) is 0 Å². The Morgan fingerprint density at radius 3 is 3.00 bits per heavy atom. The number of hydrogen-bond donors (Lipinski definition) is 1. The lowest BCUT2D eigenvalue weighted by atomic mass is 9.96. The second kappa shape index (κ2) is 5.37. The van der Waals surface area contributed by atoms with E-state index in [1.54, 1.807) is 0 Å². The molecule has 0 saturated heterocycles. The first-order chi connectivity index (χ1) is 7.75. The molecule has 1 atom stereocenters. The summed E-state index contributed by atoms with van der Waals surface area (Å²) in [5.74, 6) is 0. The molecule has 1 aliphatic rings. The molecule has 0 fully saturated rings. The second-order valence-corrected chi connectivity index (χ2v) is 4.54. The van der Waals surface area contributed by atoms with Gasteiger partial charge in [-0.3, -0.25) is 0 Å². The predicted molar refractivity (Wildman–Crippen MR) is 66.4 cm³/mol. The van der Waals surface area contributed by atoms with Crippen molar-refractivity contribution in [2.24, 2.45) is 5.73 Å². The van der Waals surface area contributed by atoms with E-state index in [4.69, 9.17) is 22.1 Å². The first kappa shape index (κ1) is 11.5. The highest BCUT2D eigenvalue weighted by molar-refractivity contribution is 6.30. The molecular formula is C13H16ClNO. The Labute approximate surface area is 101 Å². The predicted octanol–water partition coefficient (Wildman–Crippen LogP) is 2.90. The SMILES string of the molecule is NC(Cc1cccc(Cl)c1)C1=COCCC1. The lowest BCUT2D eigenvalue weighted by molar-refractivity contribution is 0.221. The smallest absolute Gasteiger partial charge is 0.0876 e. The average molecular weight is 238 g/mol. The minimum absolute atomic E-state index is 0.0405. The summed E-state index contributed by atoms with van der Waals surface area (Å²) < 4.78 is 5.30. The zero-order chi connectivity index (χ0) is 11.4. The van der Waals surface area contributed by atoms with Crippen LogP contribution in [0.1, 0.15) is 18.4 Å². The van der Waals surface area contributed by atoms with Crippen LogP contribution < -0.4 is 5.73 Å². The van der Waals surface area contributed by atoms with Gasteiger partial charge in [-0.05, 0) is 42.5 Å². The Hall–Kier alpha value is -0.990. The van der Waals surface area contributed by atoms with Gasteiger partial charge < -0.3 is 10.5 Å². The molecule has 0 radical (unpaired) electrons. The second-order valence-electron chi connectivity index (χ2n) is 4.11. The van der Waals surface area contributed by atoms with Crippen molar-refractivity contribution < 1.29 is 4.74 Å². The maximum absolute atomic E-state index is 6.14. The summed E-state index contributed by atoms with van der Waals surface area (Å²) in [7, 11) is 0. The highest BCUT2D eigenvalue weighted by Gasteiger charge is 2.13. The molecule has 3 heteroatoms. The fraction of sp³-hybridized carbons (Fsp3) is 0.385. The molecule has 86 valence electrons. The lowest BCUT2D eigenvalue weighted by Crippen LogP contribution is -2.27. The number of halogens is 1. The zero-order valence-electron chi connectivity index (χ0n) is 9.16. The molecule has 0 saturated carbocycles. The maximum Gasteiger partial charge on any atom is 0.0876 e. The summed E-state index contributed by atoms with van der Waals surface area (Å²) in [5.41, 5.74) is 8.51. The first-order valence-corrected chi connectivity index (χ1v) is 5.94. The molecule has 0 aromatic heterocycles. The maximum atomic E-state index is 6.14. The molecule has 1 unspecified atom stereocenters. The third-order valence-electron chi connectivity index (χ3n) is 2.78. The van der Waals surface area contributed by atoms with E-state index in [2.05, 4.69) is 6.07 Å². The highest BCUT2D eigenvalue weighted by Crippen LogP contribution is 2.19. The monoisotopic (exact) mass is 237 g/mol. The summed E-state index contributed by atoms with van der Waals surface area (Å²) in [5, 5.41) is 0.763. The van der Waals surface area contributed by atoms with Crippen molar-refractivity contribution in [3.05, 3.63) is 46.7 Å². The van der Waals surface area contributed by atoms with Crippen LogP contribution in [0.5, 0.6) is 0 Å². The molecule has 0 bridgehead atoms. The van der Waals surface area contributed by atoms with Crippen LogP contribution in [0.15, 0.2) is 36.1 Å². The van der Waals surface area contributed by atoms with E-state index in [0.29, 0.717) is 0 Å². The summed E-state index contributed by atoms with van der Waals surface area (Å²) in [4.78, 5) is 0. The van der Waals surface area contributed by atoms with E-state index >= 15 is 0 Å². The van der Waals surface area contributed by atoms with Gasteiger partial charge in [0.2, 0.25) is 0 Å². The molecule has 1 aliphatic heterocycles. The van der Waals surface area contributed by atoms with Gasteiger partial charge in [0.25, 0.3) is 0 Å². The largest absolute Gasteiger partial charge is 0.501 e. The van der Waals surface area contributed by atoms with Crippen molar-refractivity contribution in [2.45, 2.75) is 25.3 Å². The normalized spacial score (nSPS) is 17.5. The number of nitrogens with two attached hydrogens (primary N) is 1. The van der Waals surface area contributed by atoms with Gasteiger partial charge in [0.15, 0.2) is 0 Å². The molecule has 1 heterocycles. The Morgan fingerprint density at radius 1 is 1.44 bits per heavy atom. The number of ether oxygens (including phenoxy) is 1. The van der Waals surface area contributed by atoms with Gasteiger partial charge in [-0.15, -0.1) is 0 Å². The van der Waals surface area contributed by atoms with Crippen LogP contribution in [-0.2, 0) is 11.2 Å². The van der Waals surface area contributed by atoms with E-state index in [-0.39, 0.29) is 6.04 Å². The summed E-state index contributed by atoms with van der Waals surface area (Å²) in [6.45, 7) is 0.813. The van der Waals surface area contributed by atoms with Gasteiger partial charge >= 0.3 is 0 Å². The van der Waals surface area contributed by atoms with Crippen molar-refractivity contribution in [3.8, 4) is 0 Å². The molecular weight excluding hydrogens is 222 g/mol. The van der Waals surface area contributed by atoms with E-state index in [9.17, 15) is 0 Å². The Balaban J connectivity index is 2.01. The van der Waals surface area contributed by atoms with Crippen LogP contribution in [0.2, 0.25) is 5.02 Å². The molecule has 2 nitrogen and oxygen atoms in total. The average Bonchev–Trinajstić information content (AvgIpc) is 2.30. The summed E-state index contributed by atoms with van der Waals surface area (Å²) in [6.07, 6.45) is 4.74. The number of hydrogen-bond acceptors (Lipinski definition) is 2. The first-order valence-electron chi connectivity index (χ1n) is 5.56. The minimum Gasteiger partial charge on any atom is -0.501 e. The van der Waals surface area contributed by atoms with Gasteiger partial charge in [0.05, 0.1) is 12.9 Å².